The number of carbonyl (C=O) groups excluding carboxylic acids is 12. The van der Waals surface area contributed by atoms with Crippen LogP contribution < -0.4 is 38.1 Å². The molecule has 1 aromatic heterocycles. The van der Waals surface area contributed by atoms with Crippen LogP contribution >= 0.6 is 0 Å². The Balaban J connectivity index is 1.32. The van der Waals surface area contributed by atoms with Crippen molar-refractivity contribution in [3.63, 3.8) is 0 Å². The van der Waals surface area contributed by atoms with Gasteiger partial charge in [-0.05, 0) is 81.2 Å². The number of nitrogens with one attached hydrogen (secondary N) is 6. The second-order valence-electron chi connectivity index (χ2n) is 24.7. The zero-order valence-corrected chi connectivity index (χ0v) is 53.2. The number of aromatic amines is 1. The molecule has 494 valence electrons. The van der Waals surface area contributed by atoms with Crippen molar-refractivity contribution in [1.82, 2.24) is 31.6 Å². The number of benzene rings is 4. The van der Waals surface area contributed by atoms with Gasteiger partial charge in [0.25, 0.3) is 0 Å². The SMILES string of the molecule is CCC(=O)[C@H](Cc1c[nH]c2ccccc12)NC(=O)[C@@H](CC(=O)[C@H](CO)NC(=O)[C@@H](CC(=O)[C@@H](NC(=O)[C@@H](CC(=O)[C@H](CC(N)=O)NC(=O)[C@H](CC(N)=O)CC(=O)[C@H](Cc1ccccc1)NC(=O)OC(C)(C)C)Cc1ccccc1)[C@@H](C)O)C(C)C)Cc1ccccc1. The molecule has 1 heterocycles. The number of nitrogens with two attached hydrogens (primary N) is 2. The van der Waals surface area contributed by atoms with Gasteiger partial charge in [-0.3, -0.25) is 52.7 Å². The van der Waals surface area contributed by atoms with Crippen LogP contribution in [0, 0.1) is 29.6 Å². The number of aliphatic hydroxyl groups is 2. The van der Waals surface area contributed by atoms with E-state index in [2.05, 4.69) is 31.6 Å². The number of amides is 7. The highest BCUT2D eigenvalue weighted by atomic mass is 16.6. The van der Waals surface area contributed by atoms with Crippen molar-refractivity contribution in [1.29, 1.82) is 0 Å². The number of rotatable bonds is 38. The topological polar surface area (TPSA) is 383 Å². The van der Waals surface area contributed by atoms with Crippen LogP contribution in [0.4, 0.5) is 4.79 Å². The van der Waals surface area contributed by atoms with Gasteiger partial charge in [0, 0.05) is 79.8 Å². The molecule has 0 saturated carbocycles. The van der Waals surface area contributed by atoms with Crippen molar-refractivity contribution < 1.29 is 72.5 Å². The molecule has 7 amide bonds. The van der Waals surface area contributed by atoms with E-state index in [1.165, 1.54) is 6.92 Å². The minimum Gasteiger partial charge on any atom is -0.444 e. The van der Waals surface area contributed by atoms with Gasteiger partial charge in [-0.1, -0.05) is 130 Å². The maximum Gasteiger partial charge on any atom is 0.408 e. The van der Waals surface area contributed by atoms with Gasteiger partial charge in [0.05, 0.1) is 43.2 Å². The molecule has 92 heavy (non-hydrogen) atoms. The number of ether oxygens (including phenoxy) is 1. The predicted octanol–water partition coefficient (Wildman–Crippen LogP) is 4.33. The Morgan fingerprint density at radius 2 is 0.935 bits per heavy atom. The van der Waals surface area contributed by atoms with Gasteiger partial charge >= 0.3 is 6.09 Å². The average molecular weight is 1270 g/mol. The standard InChI is InChI=1S/C69H88N8O15/c1-8-56(80)53(31-48-38-72-51-27-19-18-26-49(48)51)73-64(87)45(28-42-20-12-9-13-21-42)33-59(83)55(39-78)75-67(90)50(40(2)3)36-60(84)63(41(4)79)77-66(89)46(29-43-22-14-10-15-23-43)32-58(82)54(37-62(71)86)74-65(88)47(35-61(70)85)34-57(81)52(30-44-24-16-11-17-25-44)76-68(91)92-69(5,6)7/h9-27,38,40-41,45-47,50,52-55,63,72,78-79H,8,28-37,39H2,1-7H3,(H2,70,85)(H2,71,86)(H,73,87)(H,74,88)(H,75,90)(H,76,91)(H,77,89)/t41-,45-,46-,47+,50+,52+,53+,54+,55+,63+/m1/s1. The predicted molar refractivity (Wildman–Crippen MR) is 342 cm³/mol. The van der Waals surface area contributed by atoms with Crippen LogP contribution in [0.2, 0.25) is 0 Å². The minimum absolute atomic E-state index is 0.0402. The molecule has 0 spiro atoms. The number of hydrogen-bond donors (Lipinski definition) is 10. The molecule has 0 aliphatic rings. The zero-order valence-electron chi connectivity index (χ0n) is 53.2. The molecule has 23 heteroatoms. The van der Waals surface area contributed by atoms with E-state index in [4.69, 9.17) is 16.2 Å². The van der Waals surface area contributed by atoms with Crippen LogP contribution in [0.1, 0.15) is 116 Å². The van der Waals surface area contributed by atoms with Gasteiger partial charge < -0.3 is 58.0 Å². The highest BCUT2D eigenvalue weighted by Crippen LogP contribution is 2.25. The van der Waals surface area contributed by atoms with E-state index in [9.17, 15) is 67.7 Å². The summed E-state index contributed by atoms with van der Waals surface area (Å²) in [6.07, 6.45) is -4.58. The van der Waals surface area contributed by atoms with Crippen molar-refractivity contribution in [3.8, 4) is 0 Å². The quantitative estimate of drug-likeness (QED) is 0.0263. The molecule has 0 aliphatic carbocycles. The minimum atomic E-state index is -1.73. The first-order valence-corrected chi connectivity index (χ1v) is 30.9. The summed E-state index contributed by atoms with van der Waals surface area (Å²) in [7, 11) is 0. The number of fused-ring (bicyclic) bond motifs is 1. The van der Waals surface area contributed by atoms with Crippen molar-refractivity contribution >= 4 is 81.4 Å². The van der Waals surface area contributed by atoms with E-state index in [0.717, 1.165) is 16.5 Å². The lowest BCUT2D eigenvalue weighted by Gasteiger charge is -2.28. The fourth-order valence-electron chi connectivity index (χ4n) is 10.8. The van der Waals surface area contributed by atoms with Crippen LogP contribution in [0.15, 0.2) is 121 Å². The van der Waals surface area contributed by atoms with Crippen molar-refractivity contribution in [2.75, 3.05) is 6.61 Å². The van der Waals surface area contributed by atoms with Crippen LogP contribution in [0.25, 0.3) is 10.9 Å². The van der Waals surface area contributed by atoms with Gasteiger partial charge in [0.2, 0.25) is 35.4 Å². The van der Waals surface area contributed by atoms with E-state index in [0.29, 0.717) is 16.7 Å². The first-order valence-electron chi connectivity index (χ1n) is 30.9. The van der Waals surface area contributed by atoms with E-state index < -0.39 is 181 Å². The largest absolute Gasteiger partial charge is 0.444 e. The Morgan fingerprint density at radius 3 is 1.43 bits per heavy atom. The molecular formula is C69H88N8O15. The fraction of sp³-hybridized carbons (Fsp3) is 0.449. The number of alkyl carbamates (subject to hydrolysis) is 1. The monoisotopic (exact) mass is 1270 g/mol. The Bertz CT molecular complexity index is 3360. The Kier molecular flexibility index (Phi) is 28.3. The number of ketones is 5. The third kappa shape index (κ3) is 23.5. The number of aliphatic hydroxyl groups excluding tert-OH is 2. The molecule has 0 aliphatic heterocycles. The lowest BCUT2D eigenvalue weighted by Crippen LogP contribution is -2.53. The molecule has 0 bridgehead atoms. The molecule has 12 N–H and O–H groups in total. The van der Waals surface area contributed by atoms with E-state index in [1.807, 2.05) is 24.3 Å². The Morgan fingerprint density at radius 1 is 0.489 bits per heavy atom. The summed E-state index contributed by atoms with van der Waals surface area (Å²) < 4.78 is 5.39. The van der Waals surface area contributed by atoms with Gasteiger partial charge in [-0.25, -0.2) is 4.79 Å². The number of para-hydroxylation sites is 1. The van der Waals surface area contributed by atoms with Crippen LogP contribution in [0.3, 0.4) is 0 Å². The third-order valence-corrected chi connectivity index (χ3v) is 15.8. The number of primary amides is 2. The smallest absolute Gasteiger partial charge is 0.408 e. The van der Waals surface area contributed by atoms with E-state index in [-0.39, 0.29) is 37.9 Å². The van der Waals surface area contributed by atoms with Gasteiger partial charge in [0.15, 0.2) is 28.9 Å². The Labute approximate surface area is 535 Å². The molecule has 0 saturated heterocycles. The molecular weight excluding hydrogens is 1180 g/mol. The van der Waals surface area contributed by atoms with E-state index in [1.54, 1.807) is 139 Å². The van der Waals surface area contributed by atoms with Gasteiger partial charge in [-0.15, -0.1) is 0 Å². The van der Waals surface area contributed by atoms with Crippen molar-refractivity contribution in [2.24, 2.45) is 41.1 Å². The summed E-state index contributed by atoms with van der Waals surface area (Å²) in [5.41, 5.74) is 13.7. The summed E-state index contributed by atoms with van der Waals surface area (Å²) in [5, 5.41) is 35.6. The van der Waals surface area contributed by atoms with Crippen molar-refractivity contribution in [3.05, 3.63) is 144 Å². The van der Waals surface area contributed by atoms with Crippen LogP contribution in [-0.2, 0) is 83.2 Å². The molecule has 0 fully saturated rings. The molecule has 23 nitrogen and oxygen atoms in total. The molecule has 0 unspecified atom stereocenters. The van der Waals surface area contributed by atoms with Crippen LogP contribution in [-0.4, -0.2) is 134 Å². The normalized spacial score (nSPS) is 14.7. The number of Topliss-reactive ketones (excluding diaryl/α,β-unsaturated/α-hetero) is 5. The first-order chi connectivity index (χ1) is 43.5. The second-order valence-corrected chi connectivity index (χ2v) is 24.7. The molecule has 5 aromatic rings. The summed E-state index contributed by atoms with van der Waals surface area (Å²) in [6.45, 7) is 10.1. The van der Waals surface area contributed by atoms with Gasteiger partial charge in [-0.2, -0.15) is 0 Å². The van der Waals surface area contributed by atoms with Gasteiger partial charge in [0.1, 0.15) is 17.7 Å². The first kappa shape index (κ1) is 73.5. The van der Waals surface area contributed by atoms with Crippen molar-refractivity contribution in [2.45, 2.75) is 161 Å². The lowest BCUT2D eigenvalue weighted by atomic mass is 9.86. The summed E-state index contributed by atoms with van der Waals surface area (Å²) >= 11 is 0. The summed E-state index contributed by atoms with van der Waals surface area (Å²) in [5.74, 6) is -14.7. The number of H-pyrrole nitrogens is 1. The fourth-order valence-corrected chi connectivity index (χ4v) is 10.8. The summed E-state index contributed by atoms with van der Waals surface area (Å²) in [6, 6.07) is 26.2. The zero-order chi connectivity index (χ0) is 67.8. The number of hydrogen-bond acceptors (Lipinski definition) is 15. The lowest BCUT2D eigenvalue weighted by molar-refractivity contribution is -0.138. The molecule has 4 aromatic carbocycles. The molecule has 10 atom stereocenters. The molecule has 5 rings (SSSR count). The average Bonchev–Trinajstić information content (AvgIpc) is 1.63. The maximum atomic E-state index is 14.5. The number of carbonyl (C=O) groups is 12. The Hall–Kier alpha value is -9.22. The second kappa shape index (κ2) is 35.4. The number of aromatic nitrogens is 1. The summed E-state index contributed by atoms with van der Waals surface area (Å²) in [4.78, 5) is 169. The van der Waals surface area contributed by atoms with E-state index >= 15 is 0 Å². The highest BCUT2D eigenvalue weighted by Gasteiger charge is 2.39. The third-order valence-electron chi connectivity index (χ3n) is 15.8. The van der Waals surface area contributed by atoms with Crippen LogP contribution in [0.5, 0.6) is 0 Å². The maximum absolute atomic E-state index is 14.5. The highest BCUT2D eigenvalue weighted by molar-refractivity contribution is 6.00. The molecule has 0 radical (unpaired) electrons.